The fourth-order valence-corrected chi connectivity index (χ4v) is 2.73. The van der Waals surface area contributed by atoms with Crippen molar-refractivity contribution in [2.45, 2.75) is 13.0 Å². The third kappa shape index (κ3) is 4.21. The Kier molecular flexibility index (Phi) is 5.48. The number of nitrogens with one attached hydrogen (secondary N) is 1. The van der Waals surface area contributed by atoms with Crippen molar-refractivity contribution < 1.29 is 31.5 Å². The van der Waals surface area contributed by atoms with Gasteiger partial charge < -0.3 is 15.1 Å². The molecular weight excluding hydrogens is 385 g/mol. The van der Waals surface area contributed by atoms with Crippen LogP contribution in [0.1, 0.15) is 12.0 Å². The average molecular weight is 399 g/mol. The number of hydrogen-bond acceptors (Lipinski definition) is 2. The predicted molar refractivity (Wildman–Crippen MR) is 88.4 cm³/mol. The van der Waals surface area contributed by atoms with Crippen LogP contribution in [0.2, 0.25) is 0 Å². The van der Waals surface area contributed by atoms with E-state index < -0.39 is 35.1 Å². The third-order valence-corrected chi connectivity index (χ3v) is 4.19. The Bertz CT molecular complexity index is 914. The fourth-order valence-electron chi connectivity index (χ4n) is 2.73. The van der Waals surface area contributed by atoms with Crippen molar-refractivity contribution in [3.8, 4) is 0 Å². The highest BCUT2D eigenvalue weighted by molar-refractivity contribution is 5.90. The average Bonchev–Trinajstić information content (AvgIpc) is 2.63. The standard InChI is InChI=1S/C18H14F5N3O2/c19-11-2-1-10(13(20)5-11)8-26-9-25(4-3-16(26)27)18(28)24-12-6-14(21)17(23)15(22)7-12/h1-2,5-7H,3-4,8-9H2,(H,24,28). The second kappa shape index (κ2) is 7.83. The number of urea groups is 1. The normalized spacial score (nSPS) is 14.4. The molecule has 28 heavy (non-hydrogen) atoms. The lowest BCUT2D eigenvalue weighted by atomic mass is 10.1. The molecule has 5 nitrogen and oxygen atoms in total. The van der Waals surface area contributed by atoms with E-state index in [0.717, 1.165) is 6.07 Å². The molecule has 0 radical (unpaired) electrons. The minimum absolute atomic E-state index is 0.0270. The summed E-state index contributed by atoms with van der Waals surface area (Å²) in [6.45, 7) is -0.374. The number of anilines is 1. The van der Waals surface area contributed by atoms with Crippen molar-refractivity contribution in [1.82, 2.24) is 9.80 Å². The van der Waals surface area contributed by atoms with Crippen LogP contribution >= 0.6 is 0 Å². The van der Waals surface area contributed by atoms with Crippen molar-refractivity contribution in [3.05, 3.63) is 65.0 Å². The van der Waals surface area contributed by atoms with E-state index in [2.05, 4.69) is 5.32 Å². The van der Waals surface area contributed by atoms with Crippen molar-refractivity contribution in [2.24, 2.45) is 0 Å². The highest BCUT2D eigenvalue weighted by Gasteiger charge is 2.28. The van der Waals surface area contributed by atoms with Crippen LogP contribution in [0.3, 0.4) is 0 Å². The van der Waals surface area contributed by atoms with Crippen LogP contribution in [-0.4, -0.2) is 35.0 Å². The molecule has 0 aromatic heterocycles. The Balaban J connectivity index is 1.69. The van der Waals surface area contributed by atoms with Crippen molar-refractivity contribution in [1.29, 1.82) is 0 Å². The zero-order chi connectivity index (χ0) is 20.4. The zero-order valence-electron chi connectivity index (χ0n) is 14.3. The van der Waals surface area contributed by atoms with E-state index in [-0.39, 0.29) is 43.3 Å². The summed E-state index contributed by atoms with van der Waals surface area (Å²) in [4.78, 5) is 26.7. The Morgan fingerprint density at radius 1 is 1.00 bits per heavy atom. The molecule has 148 valence electrons. The van der Waals surface area contributed by atoms with Gasteiger partial charge in [-0.1, -0.05) is 6.07 Å². The minimum Gasteiger partial charge on any atom is -0.320 e. The van der Waals surface area contributed by atoms with E-state index in [0.29, 0.717) is 18.2 Å². The molecule has 1 aliphatic heterocycles. The van der Waals surface area contributed by atoms with Gasteiger partial charge in [0.25, 0.3) is 0 Å². The van der Waals surface area contributed by atoms with E-state index in [1.165, 1.54) is 15.9 Å². The van der Waals surface area contributed by atoms with Crippen LogP contribution in [0, 0.1) is 29.1 Å². The number of hydrogen-bond donors (Lipinski definition) is 1. The molecule has 0 saturated carbocycles. The molecule has 3 amide bonds. The molecule has 0 aliphatic carbocycles. The summed E-state index contributed by atoms with van der Waals surface area (Å²) in [5.41, 5.74) is -0.228. The molecule has 2 aromatic carbocycles. The van der Waals surface area contributed by atoms with Crippen LogP contribution in [-0.2, 0) is 11.3 Å². The van der Waals surface area contributed by atoms with Gasteiger partial charge in [-0.2, -0.15) is 0 Å². The fraction of sp³-hybridized carbons (Fsp3) is 0.222. The second-order valence-corrected chi connectivity index (χ2v) is 6.17. The molecule has 0 bridgehead atoms. The lowest BCUT2D eigenvalue weighted by Crippen LogP contribution is -2.51. The largest absolute Gasteiger partial charge is 0.323 e. The number of rotatable bonds is 3. The molecule has 1 N–H and O–H groups in total. The van der Waals surface area contributed by atoms with Crippen LogP contribution in [0.4, 0.5) is 32.4 Å². The minimum atomic E-state index is -1.66. The molecule has 10 heteroatoms. The lowest BCUT2D eigenvalue weighted by molar-refractivity contribution is -0.137. The first-order valence-electron chi connectivity index (χ1n) is 8.17. The number of amides is 3. The molecule has 1 aliphatic rings. The van der Waals surface area contributed by atoms with Crippen LogP contribution in [0.5, 0.6) is 0 Å². The van der Waals surface area contributed by atoms with Gasteiger partial charge in [0.2, 0.25) is 5.91 Å². The Morgan fingerprint density at radius 3 is 2.32 bits per heavy atom. The highest BCUT2D eigenvalue weighted by atomic mass is 19.2. The summed E-state index contributed by atoms with van der Waals surface area (Å²) < 4.78 is 66.3. The van der Waals surface area contributed by atoms with Crippen molar-refractivity contribution in [2.75, 3.05) is 18.5 Å². The van der Waals surface area contributed by atoms with Crippen LogP contribution < -0.4 is 5.32 Å². The van der Waals surface area contributed by atoms with E-state index >= 15 is 0 Å². The molecule has 1 heterocycles. The smallest absolute Gasteiger partial charge is 0.320 e. The maximum Gasteiger partial charge on any atom is 0.323 e. The quantitative estimate of drug-likeness (QED) is 0.634. The maximum absolute atomic E-state index is 13.8. The zero-order valence-corrected chi connectivity index (χ0v) is 14.3. The van der Waals surface area contributed by atoms with Gasteiger partial charge in [-0.25, -0.2) is 26.7 Å². The number of carbonyl (C=O) groups excluding carboxylic acids is 2. The number of nitrogens with zero attached hydrogens (tertiary/aromatic N) is 2. The molecular formula is C18H14F5N3O2. The summed E-state index contributed by atoms with van der Waals surface area (Å²) in [5, 5.41) is 2.22. The topological polar surface area (TPSA) is 52.7 Å². The van der Waals surface area contributed by atoms with Gasteiger partial charge in [0.05, 0.1) is 13.2 Å². The first kappa shape index (κ1) is 19.6. The Labute approximate surface area is 156 Å². The number of halogens is 5. The summed E-state index contributed by atoms with van der Waals surface area (Å²) >= 11 is 0. The van der Waals surface area contributed by atoms with Crippen LogP contribution in [0.15, 0.2) is 30.3 Å². The molecule has 1 fully saturated rings. The number of carbonyl (C=O) groups is 2. The molecule has 2 aromatic rings. The summed E-state index contributed by atoms with van der Waals surface area (Å²) in [7, 11) is 0. The number of benzene rings is 2. The summed E-state index contributed by atoms with van der Waals surface area (Å²) in [6, 6.07) is 3.40. The predicted octanol–water partition coefficient (Wildman–Crippen LogP) is 3.61. The summed E-state index contributed by atoms with van der Waals surface area (Å²) in [5.74, 6) is -6.51. The molecule has 1 saturated heterocycles. The molecule has 0 atom stereocenters. The Morgan fingerprint density at radius 2 is 1.68 bits per heavy atom. The first-order chi connectivity index (χ1) is 13.2. The molecule has 0 spiro atoms. The Hall–Kier alpha value is -3.17. The summed E-state index contributed by atoms with van der Waals surface area (Å²) in [6.07, 6.45) is -0.0532. The maximum atomic E-state index is 13.8. The van der Waals surface area contributed by atoms with Gasteiger partial charge >= 0.3 is 6.03 Å². The SMILES string of the molecule is O=C1CCN(C(=O)Nc2cc(F)c(F)c(F)c2)CN1Cc1ccc(F)cc1F. The van der Waals surface area contributed by atoms with E-state index in [1.54, 1.807) is 0 Å². The van der Waals surface area contributed by atoms with E-state index in [9.17, 15) is 31.5 Å². The van der Waals surface area contributed by atoms with Gasteiger partial charge in [0.15, 0.2) is 17.5 Å². The molecule has 3 rings (SSSR count). The van der Waals surface area contributed by atoms with Gasteiger partial charge in [0.1, 0.15) is 11.6 Å². The van der Waals surface area contributed by atoms with Crippen molar-refractivity contribution >= 4 is 17.6 Å². The van der Waals surface area contributed by atoms with Gasteiger partial charge in [-0.3, -0.25) is 4.79 Å². The second-order valence-electron chi connectivity index (χ2n) is 6.17. The highest BCUT2D eigenvalue weighted by Crippen LogP contribution is 2.20. The molecule has 0 unspecified atom stereocenters. The lowest BCUT2D eigenvalue weighted by Gasteiger charge is -2.35. The van der Waals surface area contributed by atoms with Crippen LogP contribution in [0.25, 0.3) is 0 Å². The van der Waals surface area contributed by atoms with E-state index in [1.807, 2.05) is 0 Å². The third-order valence-electron chi connectivity index (χ3n) is 4.19. The first-order valence-corrected chi connectivity index (χ1v) is 8.17. The monoisotopic (exact) mass is 399 g/mol. The van der Waals surface area contributed by atoms with Gasteiger partial charge in [-0.15, -0.1) is 0 Å². The van der Waals surface area contributed by atoms with Gasteiger partial charge in [-0.05, 0) is 6.07 Å². The van der Waals surface area contributed by atoms with E-state index in [4.69, 9.17) is 0 Å². The van der Waals surface area contributed by atoms with Gasteiger partial charge in [0, 0.05) is 42.4 Å². The van der Waals surface area contributed by atoms with Crippen molar-refractivity contribution in [3.63, 3.8) is 0 Å².